The first-order valence-electron chi connectivity index (χ1n) is 5.53. The number of fused-ring (bicyclic) bond motifs is 1. The summed E-state index contributed by atoms with van der Waals surface area (Å²) in [6.45, 7) is 0. The molecule has 0 amide bonds. The molecule has 6 heteroatoms. The first-order chi connectivity index (χ1) is 9.15. The van der Waals surface area contributed by atoms with Crippen molar-refractivity contribution in [2.24, 2.45) is 0 Å². The van der Waals surface area contributed by atoms with Crippen LogP contribution in [0.2, 0.25) is 5.02 Å². The van der Waals surface area contributed by atoms with Crippen molar-refractivity contribution in [1.29, 1.82) is 0 Å². The van der Waals surface area contributed by atoms with Gasteiger partial charge in [0.15, 0.2) is 5.65 Å². The Morgan fingerprint density at radius 1 is 1.21 bits per heavy atom. The molecule has 0 aliphatic heterocycles. The second-order valence-electron chi connectivity index (χ2n) is 3.97. The van der Waals surface area contributed by atoms with E-state index in [1.807, 2.05) is 24.3 Å². The lowest BCUT2D eigenvalue weighted by molar-refractivity contribution is 0.399. The topological polar surface area (TPSA) is 50.8 Å². The summed E-state index contributed by atoms with van der Waals surface area (Å²) >= 11 is 9.45. The van der Waals surface area contributed by atoms with Gasteiger partial charge in [0, 0.05) is 21.1 Å². The fraction of sp³-hybridized carbons (Fsp3) is 0.0769. The molecule has 19 heavy (non-hydrogen) atoms. The monoisotopic (exact) mass is 337 g/mol. The minimum atomic E-state index is 0.540. The molecule has 2 heterocycles. The van der Waals surface area contributed by atoms with E-state index in [2.05, 4.69) is 30.9 Å². The molecule has 1 N–H and O–H groups in total. The van der Waals surface area contributed by atoms with E-state index in [1.54, 1.807) is 13.2 Å². The molecule has 0 saturated heterocycles. The van der Waals surface area contributed by atoms with Gasteiger partial charge in [-0.3, -0.25) is 0 Å². The van der Waals surface area contributed by atoms with Crippen LogP contribution in [0.4, 0.5) is 0 Å². The summed E-state index contributed by atoms with van der Waals surface area (Å²) in [6, 6.07) is 9.30. The average Bonchev–Trinajstić information content (AvgIpc) is 2.80. The lowest BCUT2D eigenvalue weighted by atomic mass is 10.2. The Morgan fingerprint density at radius 2 is 2.05 bits per heavy atom. The third kappa shape index (κ3) is 2.43. The molecule has 3 aromatic rings. The first-order valence-corrected chi connectivity index (χ1v) is 6.70. The predicted molar refractivity (Wildman–Crippen MR) is 78.6 cm³/mol. The molecule has 96 valence electrons. The van der Waals surface area contributed by atoms with Gasteiger partial charge in [0.2, 0.25) is 5.88 Å². The van der Waals surface area contributed by atoms with Crippen molar-refractivity contribution in [2.45, 2.75) is 0 Å². The first kappa shape index (κ1) is 12.4. The summed E-state index contributed by atoms with van der Waals surface area (Å²) in [5.74, 6) is 1.26. The molecule has 0 unspecified atom stereocenters. The standard InChI is InChI=1S/C13H9BrClN3O/c1-19-11-3-2-10-13(17-11)18-12(16-10)7-4-8(14)6-9(15)5-7/h2-6H,1H3,(H,16,17,18). The zero-order chi connectivity index (χ0) is 13.4. The summed E-state index contributed by atoms with van der Waals surface area (Å²) in [6.07, 6.45) is 0. The average molecular weight is 339 g/mol. The number of ether oxygens (including phenoxy) is 1. The van der Waals surface area contributed by atoms with Crippen LogP contribution in [0, 0.1) is 0 Å². The van der Waals surface area contributed by atoms with Crippen molar-refractivity contribution in [3.63, 3.8) is 0 Å². The number of aromatic nitrogens is 3. The minimum absolute atomic E-state index is 0.540. The van der Waals surface area contributed by atoms with Crippen LogP contribution >= 0.6 is 27.5 Å². The number of benzene rings is 1. The molecule has 0 atom stereocenters. The maximum atomic E-state index is 6.04. The number of hydrogen-bond donors (Lipinski definition) is 1. The van der Waals surface area contributed by atoms with Gasteiger partial charge < -0.3 is 9.72 Å². The molecule has 0 aliphatic carbocycles. The molecular formula is C13H9BrClN3O. The van der Waals surface area contributed by atoms with Crippen LogP contribution in [-0.2, 0) is 0 Å². The zero-order valence-electron chi connectivity index (χ0n) is 9.95. The molecular weight excluding hydrogens is 330 g/mol. The van der Waals surface area contributed by atoms with Gasteiger partial charge in [0.05, 0.1) is 12.6 Å². The van der Waals surface area contributed by atoms with Gasteiger partial charge >= 0.3 is 0 Å². The zero-order valence-corrected chi connectivity index (χ0v) is 12.3. The molecule has 4 nitrogen and oxygen atoms in total. The number of imidazole rings is 1. The van der Waals surface area contributed by atoms with Gasteiger partial charge in [-0.25, -0.2) is 4.98 Å². The van der Waals surface area contributed by atoms with Crippen molar-refractivity contribution in [1.82, 2.24) is 15.0 Å². The Bertz CT molecular complexity index is 736. The van der Waals surface area contributed by atoms with E-state index in [0.29, 0.717) is 16.5 Å². The number of pyridine rings is 1. The van der Waals surface area contributed by atoms with Crippen molar-refractivity contribution in [2.75, 3.05) is 7.11 Å². The second kappa shape index (κ2) is 4.83. The van der Waals surface area contributed by atoms with Gasteiger partial charge in [0.1, 0.15) is 5.82 Å². The molecule has 0 bridgehead atoms. The molecule has 0 saturated carbocycles. The number of hydrogen-bond acceptors (Lipinski definition) is 3. The van der Waals surface area contributed by atoms with E-state index in [0.717, 1.165) is 21.4 Å². The SMILES string of the molecule is COc1ccc2[nH]c(-c3cc(Cl)cc(Br)c3)nc2n1. The predicted octanol–water partition coefficient (Wildman–Crippen LogP) is 4.05. The lowest BCUT2D eigenvalue weighted by Crippen LogP contribution is -1.86. The smallest absolute Gasteiger partial charge is 0.215 e. The van der Waals surface area contributed by atoms with E-state index in [1.165, 1.54) is 0 Å². The Morgan fingerprint density at radius 3 is 2.79 bits per heavy atom. The lowest BCUT2D eigenvalue weighted by Gasteiger charge is -1.99. The van der Waals surface area contributed by atoms with Gasteiger partial charge in [-0.05, 0) is 24.3 Å². The fourth-order valence-corrected chi connectivity index (χ4v) is 2.68. The molecule has 0 spiro atoms. The van der Waals surface area contributed by atoms with Crippen molar-refractivity contribution in [3.05, 3.63) is 39.8 Å². The number of nitrogens with one attached hydrogen (secondary N) is 1. The highest BCUT2D eigenvalue weighted by Crippen LogP contribution is 2.27. The maximum absolute atomic E-state index is 6.04. The summed E-state index contributed by atoms with van der Waals surface area (Å²) in [5, 5.41) is 0.648. The van der Waals surface area contributed by atoms with E-state index in [-0.39, 0.29) is 0 Å². The molecule has 0 aliphatic rings. The van der Waals surface area contributed by atoms with E-state index in [9.17, 15) is 0 Å². The summed E-state index contributed by atoms with van der Waals surface area (Å²) in [7, 11) is 1.58. The van der Waals surface area contributed by atoms with Crippen LogP contribution in [0.1, 0.15) is 0 Å². The third-order valence-electron chi connectivity index (χ3n) is 2.67. The van der Waals surface area contributed by atoms with Crippen LogP contribution < -0.4 is 4.74 Å². The van der Waals surface area contributed by atoms with Gasteiger partial charge in [-0.15, -0.1) is 0 Å². The number of nitrogens with zero attached hydrogens (tertiary/aromatic N) is 2. The van der Waals surface area contributed by atoms with Crippen molar-refractivity contribution >= 4 is 38.7 Å². The summed E-state index contributed by atoms with van der Waals surface area (Å²) < 4.78 is 5.99. The molecule has 1 aromatic carbocycles. The second-order valence-corrected chi connectivity index (χ2v) is 5.32. The highest BCUT2D eigenvalue weighted by molar-refractivity contribution is 9.10. The van der Waals surface area contributed by atoms with Gasteiger partial charge in [-0.2, -0.15) is 4.98 Å². The fourth-order valence-electron chi connectivity index (χ4n) is 1.82. The van der Waals surface area contributed by atoms with Gasteiger partial charge in [-0.1, -0.05) is 27.5 Å². The molecule has 2 aromatic heterocycles. The highest BCUT2D eigenvalue weighted by Gasteiger charge is 2.08. The highest BCUT2D eigenvalue weighted by atomic mass is 79.9. The van der Waals surface area contributed by atoms with Crippen molar-refractivity contribution in [3.8, 4) is 17.3 Å². The Balaban J connectivity index is 2.14. The number of aromatic amines is 1. The number of halogens is 2. The van der Waals surface area contributed by atoms with Crippen LogP contribution in [0.25, 0.3) is 22.6 Å². The van der Waals surface area contributed by atoms with Gasteiger partial charge in [0.25, 0.3) is 0 Å². The van der Waals surface area contributed by atoms with Crippen LogP contribution in [0.15, 0.2) is 34.8 Å². The third-order valence-corrected chi connectivity index (χ3v) is 3.34. The number of rotatable bonds is 2. The largest absolute Gasteiger partial charge is 0.481 e. The van der Waals surface area contributed by atoms with Crippen LogP contribution in [-0.4, -0.2) is 22.1 Å². The molecule has 0 radical (unpaired) electrons. The minimum Gasteiger partial charge on any atom is -0.481 e. The molecule has 3 rings (SSSR count). The summed E-state index contributed by atoms with van der Waals surface area (Å²) in [4.78, 5) is 11.9. The quantitative estimate of drug-likeness (QED) is 0.767. The Labute approximate surface area is 122 Å². The Kier molecular flexibility index (Phi) is 3.16. The molecule has 0 fully saturated rings. The van der Waals surface area contributed by atoms with Crippen molar-refractivity contribution < 1.29 is 4.74 Å². The summed E-state index contributed by atoms with van der Waals surface area (Å²) in [5.41, 5.74) is 2.37. The maximum Gasteiger partial charge on any atom is 0.215 e. The van der Waals surface area contributed by atoms with E-state index in [4.69, 9.17) is 16.3 Å². The Hall–Kier alpha value is -1.59. The van der Waals surface area contributed by atoms with E-state index >= 15 is 0 Å². The van der Waals surface area contributed by atoms with Crippen LogP contribution in [0.3, 0.4) is 0 Å². The number of methoxy groups -OCH3 is 1. The van der Waals surface area contributed by atoms with Crippen LogP contribution in [0.5, 0.6) is 5.88 Å². The normalized spacial score (nSPS) is 10.9. The number of H-pyrrole nitrogens is 1. The van der Waals surface area contributed by atoms with E-state index < -0.39 is 0 Å².